The molecule has 2 amide bonds. The number of hydrogen-bond acceptors (Lipinski definition) is 4. The molecule has 0 radical (unpaired) electrons. The Morgan fingerprint density at radius 2 is 2.28 bits per heavy atom. The highest BCUT2D eigenvalue weighted by molar-refractivity contribution is 5.97. The molecule has 0 spiro atoms. The van der Waals surface area contributed by atoms with Crippen molar-refractivity contribution in [3.05, 3.63) is 24.3 Å². The number of nitrogens with one attached hydrogen (secondary N) is 1. The molecule has 1 N–H and O–H groups in total. The minimum atomic E-state index is -0.803. The fourth-order valence-corrected chi connectivity index (χ4v) is 1.97. The second-order valence-corrected chi connectivity index (χ2v) is 4.60. The molecule has 1 aromatic heterocycles. The molecule has 6 heteroatoms. The Kier molecular flexibility index (Phi) is 3.27. The third kappa shape index (κ3) is 2.32. The molecular formula is C12H16N4O2. The average Bonchev–Trinajstić information content (AvgIpc) is 2.37. The van der Waals surface area contributed by atoms with Gasteiger partial charge in [-0.2, -0.15) is 0 Å². The van der Waals surface area contributed by atoms with E-state index in [-0.39, 0.29) is 18.4 Å². The normalized spacial score (nSPS) is 24.0. The molecule has 1 atom stereocenters. The van der Waals surface area contributed by atoms with Crippen LogP contribution in [0.5, 0.6) is 0 Å². The van der Waals surface area contributed by atoms with Crippen molar-refractivity contribution in [1.82, 2.24) is 20.2 Å². The fourth-order valence-electron chi connectivity index (χ4n) is 1.97. The number of rotatable bonds is 3. The summed E-state index contributed by atoms with van der Waals surface area (Å²) in [4.78, 5) is 33.4. The van der Waals surface area contributed by atoms with E-state index in [1.807, 2.05) is 6.92 Å². The molecule has 2 heterocycles. The summed E-state index contributed by atoms with van der Waals surface area (Å²) in [5, 5.41) is 2.75. The Labute approximate surface area is 105 Å². The van der Waals surface area contributed by atoms with Gasteiger partial charge in [-0.3, -0.25) is 9.59 Å². The first kappa shape index (κ1) is 12.5. The third-order valence-corrected chi connectivity index (χ3v) is 3.21. The third-order valence-electron chi connectivity index (χ3n) is 3.21. The number of amides is 2. The van der Waals surface area contributed by atoms with Crippen molar-refractivity contribution in [3.8, 4) is 0 Å². The lowest BCUT2D eigenvalue weighted by atomic mass is 9.94. The quantitative estimate of drug-likeness (QED) is 0.823. The van der Waals surface area contributed by atoms with E-state index in [1.54, 1.807) is 19.2 Å². The van der Waals surface area contributed by atoms with Crippen molar-refractivity contribution in [1.29, 1.82) is 0 Å². The SMILES string of the molecule is CCC1(C)NC(=O)CN(Cc2ccncn2)C1=O. The summed E-state index contributed by atoms with van der Waals surface area (Å²) in [5.74, 6) is -0.198. The second-order valence-electron chi connectivity index (χ2n) is 4.60. The largest absolute Gasteiger partial charge is 0.340 e. The van der Waals surface area contributed by atoms with E-state index in [9.17, 15) is 9.59 Å². The molecule has 0 bridgehead atoms. The van der Waals surface area contributed by atoms with Crippen LogP contribution < -0.4 is 5.32 Å². The maximum Gasteiger partial charge on any atom is 0.248 e. The molecule has 18 heavy (non-hydrogen) atoms. The molecule has 1 unspecified atom stereocenters. The highest BCUT2D eigenvalue weighted by Gasteiger charge is 2.41. The lowest BCUT2D eigenvalue weighted by Crippen LogP contribution is -2.64. The van der Waals surface area contributed by atoms with Crippen LogP contribution in [0.2, 0.25) is 0 Å². The molecule has 6 nitrogen and oxygen atoms in total. The van der Waals surface area contributed by atoms with Crippen molar-refractivity contribution in [2.24, 2.45) is 0 Å². The summed E-state index contributed by atoms with van der Waals surface area (Å²) in [6.07, 6.45) is 3.62. The molecular weight excluding hydrogens is 232 g/mol. The van der Waals surface area contributed by atoms with Crippen molar-refractivity contribution >= 4 is 11.8 Å². The minimum Gasteiger partial charge on any atom is -0.340 e. The van der Waals surface area contributed by atoms with E-state index >= 15 is 0 Å². The first-order chi connectivity index (χ1) is 8.55. The topological polar surface area (TPSA) is 75.2 Å². The number of aromatic nitrogens is 2. The van der Waals surface area contributed by atoms with Gasteiger partial charge in [-0.1, -0.05) is 6.92 Å². The van der Waals surface area contributed by atoms with Crippen molar-refractivity contribution < 1.29 is 9.59 Å². The van der Waals surface area contributed by atoms with Gasteiger partial charge in [0.05, 0.1) is 12.2 Å². The molecule has 96 valence electrons. The Morgan fingerprint density at radius 1 is 1.50 bits per heavy atom. The van der Waals surface area contributed by atoms with E-state index in [0.717, 1.165) is 5.69 Å². The Morgan fingerprint density at radius 3 is 2.89 bits per heavy atom. The van der Waals surface area contributed by atoms with E-state index in [2.05, 4.69) is 15.3 Å². The van der Waals surface area contributed by atoms with Gasteiger partial charge in [0.2, 0.25) is 11.8 Å². The molecule has 0 aromatic carbocycles. The minimum absolute atomic E-state index is 0.0665. The molecule has 0 saturated carbocycles. The lowest BCUT2D eigenvalue weighted by molar-refractivity contribution is -0.150. The van der Waals surface area contributed by atoms with Gasteiger partial charge in [-0.15, -0.1) is 0 Å². The zero-order valence-electron chi connectivity index (χ0n) is 10.5. The van der Waals surface area contributed by atoms with Gasteiger partial charge in [0, 0.05) is 6.20 Å². The molecule has 2 rings (SSSR count). The summed E-state index contributed by atoms with van der Waals surface area (Å²) in [5.41, 5.74) is -0.0750. The van der Waals surface area contributed by atoms with Crippen molar-refractivity contribution in [3.63, 3.8) is 0 Å². The van der Waals surface area contributed by atoms with Gasteiger partial charge >= 0.3 is 0 Å². The Balaban J connectivity index is 2.17. The number of piperazine rings is 1. The molecule has 1 aliphatic heterocycles. The van der Waals surface area contributed by atoms with Crippen LogP contribution in [0, 0.1) is 0 Å². The summed E-state index contributed by atoms with van der Waals surface area (Å²) < 4.78 is 0. The second kappa shape index (κ2) is 4.72. The zero-order valence-corrected chi connectivity index (χ0v) is 10.5. The fraction of sp³-hybridized carbons (Fsp3) is 0.500. The number of nitrogens with zero attached hydrogens (tertiary/aromatic N) is 3. The lowest BCUT2D eigenvalue weighted by Gasteiger charge is -2.39. The van der Waals surface area contributed by atoms with Crippen LogP contribution in [0.3, 0.4) is 0 Å². The molecule has 1 aliphatic rings. The van der Waals surface area contributed by atoms with Crippen molar-refractivity contribution in [2.75, 3.05) is 6.54 Å². The van der Waals surface area contributed by atoms with Crippen LogP contribution in [0.4, 0.5) is 0 Å². The van der Waals surface area contributed by atoms with Crippen LogP contribution >= 0.6 is 0 Å². The number of carbonyl (C=O) groups is 2. The van der Waals surface area contributed by atoms with E-state index in [4.69, 9.17) is 0 Å². The molecule has 0 aliphatic carbocycles. The average molecular weight is 248 g/mol. The highest BCUT2D eigenvalue weighted by atomic mass is 16.2. The highest BCUT2D eigenvalue weighted by Crippen LogP contribution is 2.18. The van der Waals surface area contributed by atoms with Gasteiger partial charge in [0.25, 0.3) is 0 Å². The maximum absolute atomic E-state index is 12.3. The summed E-state index contributed by atoms with van der Waals surface area (Å²) in [7, 11) is 0. The predicted octanol–water partition coefficient (Wildman–Crippen LogP) is 0.104. The standard InChI is InChI=1S/C12H16N4O2/c1-3-12(2)11(18)16(7-10(17)15-12)6-9-4-5-13-8-14-9/h4-5,8H,3,6-7H2,1-2H3,(H,15,17). The zero-order chi connectivity index (χ0) is 13.2. The monoisotopic (exact) mass is 248 g/mol. The molecule has 1 aromatic rings. The van der Waals surface area contributed by atoms with Gasteiger partial charge in [-0.05, 0) is 19.4 Å². The van der Waals surface area contributed by atoms with Crippen molar-refractivity contribution in [2.45, 2.75) is 32.4 Å². The van der Waals surface area contributed by atoms with Gasteiger partial charge < -0.3 is 10.2 Å². The van der Waals surface area contributed by atoms with Gasteiger partial charge in [0.1, 0.15) is 18.4 Å². The van der Waals surface area contributed by atoms with E-state index in [0.29, 0.717) is 13.0 Å². The van der Waals surface area contributed by atoms with Crippen LogP contribution in [0.25, 0.3) is 0 Å². The summed E-state index contributed by atoms with van der Waals surface area (Å²) in [6, 6.07) is 1.74. The first-order valence-electron chi connectivity index (χ1n) is 5.90. The van der Waals surface area contributed by atoms with Crippen LogP contribution in [0.1, 0.15) is 26.0 Å². The van der Waals surface area contributed by atoms with Gasteiger partial charge in [0.15, 0.2) is 0 Å². The van der Waals surface area contributed by atoms with Crippen LogP contribution in [-0.4, -0.2) is 38.8 Å². The van der Waals surface area contributed by atoms with E-state index in [1.165, 1.54) is 11.2 Å². The molecule has 1 fully saturated rings. The Hall–Kier alpha value is -1.98. The summed E-state index contributed by atoms with van der Waals surface area (Å²) >= 11 is 0. The summed E-state index contributed by atoms with van der Waals surface area (Å²) in [6.45, 7) is 4.05. The number of carbonyl (C=O) groups excluding carboxylic acids is 2. The Bertz CT molecular complexity index is 462. The smallest absolute Gasteiger partial charge is 0.248 e. The predicted molar refractivity (Wildman–Crippen MR) is 64.3 cm³/mol. The van der Waals surface area contributed by atoms with Gasteiger partial charge in [-0.25, -0.2) is 9.97 Å². The maximum atomic E-state index is 12.3. The van der Waals surface area contributed by atoms with Crippen LogP contribution in [0.15, 0.2) is 18.6 Å². The first-order valence-corrected chi connectivity index (χ1v) is 5.90. The molecule has 1 saturated heterocycles. The van der Waals surface area contributed by atoms with E-state index < -0.39 is 5.54 Å². The number of hydrogen-bond donors (Lipinski definition) is 1. The van der Waals surface area contributed by atoms with Crippen LogP contribution in [-0.2, 0) is 16.1 Å².